The number of fused-ring (bicyclic) bond motifs is 2. The maximum absolute atomic E-state index is 2.18. The average Bonchev–Trinajstić information content (AvgIpc) is 1.67. The molecule has 3 heterocycles. The van der Waals surface area contributed by atoms with Gasteiger partial charge >= 0.3 is 0 Å². The summed E-state index contributed by atoms with van der Waals surface area (Å²) >= 11 is 4.33. The van der Waals surface area contributed by atoms with Crippen LogP contribution in [0.1, 0.15) is 12.8 Å². The standard InChI is InChI=1S/C5H8S2/c1-2-6-5-3-4(1)7-5/h4-5H,1-3H2. The van der Waals surface area contributed by atoms with Crippen molar-refractivity contribution in [3.05, 3.63) is 0 Å². The first-order valence-electron chi connectivity index (χ1n) is 2.72. The van der Waals surface area contributed by atoms with Crippen LogP contribution in [0.3, 0.4) is 0 Å². The Morgan fingerprint density at radius 1 is 1.43 bits per heavy atom. The van der Waals surface area contributed by atoms with Crippen molar-refractivity contribution in [3.8, 4) is 0 Å². The Bertz CT molecular complexity index is 62.6. The third-order valence-corrected chi connectivity index (χ3v) is 4.63. The van der Waals surface area contributed by atoms with E-state index in [0.29, 0.717) is 0 Å². The topological polar surface area (TPSA) is 0 Å². The molecule has 3 saturated heterocycles. The van der Waals surface area contributed by atoms with E-state index in [0.717, 1.165) is 9.83 Å². The van der Waals surface area contributed by atoms with Gasteiger partial charge in [0.25, 0.3) is 0 Å². The van der Waals surface area contributed by atoms with Crippen molar-refractivity contribution in [1.29, 1.82) is 0 Å². The summed E-state index contributed by atoms with van der Waals surface area (Å²) in [6.07, 6.45) is 2.99. The van der Waals surface area contributed by atoms with Gasteiger partial charge in [-0.2, -0.15) is 0 Å². The van der Waals surface area contributed by atoms with Crippen LogP contribution in [0.2, 0.25) is 0 Å². The summed E-state index contributed by atoms with van der Waals surface area (Å²) in [6.45, 7) is 0. The van der Waals surface area contributed by atoms with Crippen molar-refractivity contribution in [2.75, 3.05) is 5.75 Å². The first-order valence-corrected chi connectivity index (χ1v) is 4.71. The van der Waals surface area contributed by atoms with Crippen LogP contribution >= 0.6 is 23.5 Å². The molecule has 2 heteroatoms. The molecular formula is C5H8S2. The Kier molecular flexibility index (Phi) is 1.04. The highest BCUT2D eigenvalue weighted by molar-refractivity contribution is 8.19. The normalized spacial score (nSPS) is 48.0. The van der Waals surface area contributed by atoms with Crippen LogP contribution in [0.15, 0.2) is 0 Å². The fraction of sp³-hybridized carbons (Fsp3) is 1.00. The molecule has 2 bridgehead atoms. The Labute approximate surface area is 52.4 Å². The molecule has 3 aliphatic rings. The highest BCUT2D eigenvalue weighted by Gasteiger charge is 2.33. The minimum Gasteiger partial charge on any atom is -0.148 e. The molecular weight excluding hydrogens is 124 g/mol. The molecule has 3 rings (SSSR count). The third-order valence-electron chi connectivity index (χ3n) is 1.54. The molecule has 0 aromatic carbocycles. The zero-order valence-corrected chi connectivity index (χ0v) is 5.73. The van der Waals surface area contributed by atoms with E-state index in [1.807, 2.05) is 0 Å². The van der Waals surface area contributed by atoms with E-state index in [2.05, 4.69) is 23.5 Å². The zero-order valence-electron chi connectivity index (χ0n) is 4.09. The Hall–Kier alpha value is 0.700. The molecule has 0 aliphatic carbocycles. The summed E-state index contributed by atoms with van der Waals surface area (Å²) in [4.78, 5) is 0. The summed E-state index contributed by atoms with van der Waals surface area (Å²) in [7, 11) is 0. The van der Waals surface area contributed by atoms with Gasteiger partial charge in [0.05, 0.1) is 4.58 Å². The van der Waals surface area contributed by atoms with Crippen LogP contribution in [0.4, 0.5) is 0 Å². The van der Waals surface area contributed by atoms with Gasteiger partial charge in [0, 0.05) is 5.25 Å². The van der Waals surface area contributed by atoms with Crippen molar-refractivity contribution < 1.29 is 0 Å². The largest absolute Gasteiger partial charge is 0.148 e. The second-order valence-electron chi connectivity index (χ2n) is 2.08. The first-order chi connectivity index (χ1) is 3.45. The summed E-state index contributed by atoms with van der Waals surface area (Å²) in [6, 6.07) is 0. The van der Waals surface area contributed by atoms with Gasteiger partial charge < -0.3 is 0 Å². The molecule has 2 unspecified atom stereocenters. The predicted octanol–water partition coefficient (Wildman–Crippen LogP) is 1.95. The molecule has 0 nitrogen and oxygen atoms in total. The second-order valence-corrected chi connectivity index (χ2v) is 5.20. The lowest BCUT2D eigenvalue weighted by molar-refractivity contribution is 0.718. The van der Waals surface area contributed by atoms with Crippen LogP contribution in [0.5, 0.6) is 0 Å². The Balaban J connectivity index is 1.99. The Morgan fingerprint density at radius 3 is 2.43 bits per heavy atom. The number of thioether (sulfide) groups is 2. The van der Waals surface area contributed by atoms with Crippen molar-refractivity contribution in [2.24, 2.45) is 0 Å². The lowest BCUT2D eigenvalue weighted by Gasteiger charge is -2.39. The highest BCUT2D eigenvalue weighted by atomic mass is 32.2. The Morgan fingerprint density at radius 2 is 2.29 bits per heavy atom. The van der Waals surface area contributed by atoms with E-state index in [1.165, 1.54) is 18.6 Å². The van der Waals surface area contributed by atoms with Gasteiger partial charge in [0.1, 0.15) is 0 Å². The molecule has 3 fully saturated rings. The van der Waals surface area contributed by atoms with Crippen LogP contribution in [-0.2, 0) is 0 Å². The summed E-state index contributed by atoms with van der Waals surface area (Å²) in [5.41, 5.74) is 0. The fourth-order valence-electron chi connectivity index (χ4n) is 1.04. The summed E-state index contributed by atoms with van der Waals surface area (Å²) in [5.74, 6) is 1.43. The van der Waals surface area contributed by atoms with E-state index >= 15 is 0 Å². The summed E-state index contributed by atoms with van der Waals surface area (Å²) < 4.78 is 1.01. The molecule has 2 atom stereocenters. The van der Waals surface area contributed by atoms with Gasteiger partial charge in [0.2, 0.25) is 0 Å². The van der Waals surface area contributed by atoms with Crippen molar-refractivity contribution in [1.82, 2.24) is 0 Å². The van der Waals surface area contributed by atoms with Gasteiger partial charge in [-0.05, 0) is 18.6 Å². The van der Waals surface area contributed by atoms with Crippen LogP contribution in [-0.4, -0.2) is 15.6 Å². The van der Waals surface area contributed by atoms with Gasteiger partial charge in [-0.1, -0.05) is 0 Å². The monoisotopic (exact) mass is 132 g/mol. The first kappa shape index (κ1) is 4.57. The van der Waals surface area contributed by atoms with E-state index in [4.69, 9.17) is 0 Å². The molecule has 0 aromatic heterocycles. The molecule has 0 radical (unpaired) electrons. The molecule has 0 saturated carbocycles. The highest BCUT2D eigenvalue weighted by Crippen LogP contribution is 2.49. The van der Waals surface area contributed by atoms with Crippen LogP contribution in [0, 0.1) is 0 Å². The van der Waals surface area contributed by atoms with E-state index in [9.17, 15) is 0 Å². The SMILES string of the molecule is C1CC2CC(S1)S2. The van der Waals surface area contributed by atoms with Crippen molar-refractivity contribution in [3.63, 3.8) is 0 Å². The molecule has 3 aliphatic heterocycles. The van der Waals surface area contributed by atoms with Crippen molar-refractivity contribution >= 4 is 23.5 Å². The molecule has 0 N–H and O–H groups in total. The number of hydrogen-bond donors (Lipinski definition) is 0. The molecule has 40 valence electrons. The third kappa shape index (κ3) is 0.685. The van der Waals surface area contributed by atoms with Crippen molar-refractivity contribution in [2.45, 2.75) is 22.7 Å². The lowest BCUT2D eigenvalue weighted by atomic mass is 10.2. The molecule has 0 aromatic rings. The zero-order chi connectivity index (χ0) is 4.69. The van der Waals surface area contributed by atoms with E-state index in [-0.39, 0.29) is 0 Å². The maximum Gasteiger partial charge on any atom is 0.0515 e. The molecule has 0 amide bonds. The van der Waals surface area contributed by atoms with E-state index in [1.54, 1.807) is 0 Å². The van der Waals surface area contributed by atoms with Gasteiger partial charge in [-0.15, -0.1) is 23.5 Å². The lowest BCUT2D eigenvalue weighted by Crippen LogP contribution is -2.29. The number of rotatable bonds is 0. The van der Waals surface area contributed by atoms with Gasteiger partial charge in [-0.3, -0.25) is 0 Å². The number of hydrogen-bond acceptors (Lipinski definition) is 2. The second kappa shape index (κ2) is 1.59. The van der Waals surface area contributed by atoms with Crippen LogP contribution < -0.4 is 0 Å². The van der Waals surface area contributed by atoms with Crippen LogP contribution in [0.25, 0.3) is 0 Å². The maximum atomic E-state index is 2.18. The van der Waals surface area contributed by atoms with Gasteiger partial charge in [0.15, 0.2) is 0 Å². The predicted molar refractivity (Wildman–Crippen MR) is 36.9 cm³/mol. The minimum atomic E-state index is 1.01. The quantitative estimate of drug-likeness (QED) is 0.494. The smallest absolute Gasteiger partial charge is 0.0515 e. The van der Waals surface area contributed by atoms with Gasteiger partial charge in [-0.25, -0.2) is 0 Å². The summed E-state index contributed by atoms with van der Waals surface area (Å²) in [5, 5.41) is 1.08. The molecule has 0 spiro atoms. The fourth-order valence-corrected chi connectivity index (χ4v) is 4.41. The van der Waals surface area contributed by atoms with E-state index < -0.39 is 0 Å². The average molecular weight is 132 g/mol. The minimum absolute atomic E-state index is 1.01. The molecule has 7 heavy (non-hydrogen) atoms.